The van der Waals surface area contributed by atoms with E-state index in [1.165, 1.54) is 9.88 Å². The summed E-state index contributed by atoms with van der Waals surface area (Å²) in [6, 6.07) is 0. The third-order valence-electron chi connectivity index (χ3n) is 2.21. The Labute approximate surface area is 112 Å². The largest absolute Gasteiger partial charge is 0.378 e. The number of aromatic nitrogens is 1. The fourth-order valence-corrected chi connectivity index (χ4v) is 3.22. The van der Waals surface area contributed by atoms with E-state index in [2.05, 4.69) is 30.4 Å². The maximum Gasteiger partial charge on any atom is 0.103 e. The quantitative estimate of drug-likeness (QED) is 0.790. The monoisotopic (exact) mass is 274 g/mol. The van der Waals surface area contributed by atoms with E-state index in [4.69, 9.17) is 4.74 Å². The molecule has 0 unspecified atom stereocenters. The van der Waals surface area contributed by atoms with Gasteiger partial charge in [0.1, 0.15) is 5.01 Å². The summed E-state index contributed by atoms with van der Waals surface area (Å²) in [6.07, 6.45) is 2.11. The Morgan fingerprint density at radius 2 is 2.24 bits per heavy atom. The van der Waals surface area contributed by atoms with Gasteiger partial charge in [-0.3, -0.25) is 0 Å². The second-order valence-electron chi connectivity index (χ2n) is 4.37. The van der Waals surface area contributed by atoms with Crippen LogP contribution in [0.2, 0.25) is 0 Å². The summed E-state index contributed by atoms with van der Waals surface area (Å²) < 4.78 is 5.20. The van der Waals surface area contributed by atoms with Gasteiger partial charge in [0.15, 0.2) is 0 Å². The molecule has 0 aliphatic carbocycles. The predicted octanol–water partition coefficient (Wildman–Crippen LogP) is 2.90. The molecule has 0 saturated heterocycles. The highest BCUT2D eigenvalue weighted by molar-refractivity contribution is 7.97. The summed E-state index contributed by atoms with van der Waals surface area (Å²) in [7, 11) is 1.72. The van der Waals surface area contributed by atoms with Gasteiger partial charge in [-0.25, -0.2) is 4.98 Å². The summed E-state index contributed by atoms with van der Waals surface area (Å²) in [5.41, 5.74) is 1.10. The predicted molar refractivity (Wildman–Crippen MR) is 76.6 cm³/mol. The van der Waals surface area contributed by atoms with Crippen LogP contribution in [-0.4, -0.2) is 24.9 Å². The van der Waals surface area contributed by atoms with Crippen molar-refractivity contribution in [2.75, 3.05) is 19.9 Å². The number of hydrogen-bond donors (Lipinski definition) is 1. The lowest BCUT2D eigenvalue weighted by atomic mass is 10.2. The Kier molecular flexibility index (Phi) is 7.11. The van der Waals surface area contributed by atoms with Crippen molar-refractivity contribution in [3.63, 3.8) is 0 Å². The Morgan fingerprint density at radius 1 is 1.47 bits per heavy atom. The van der Waals surface area contributed by atoms with Crippen molar-refractivity contribution >= 4 is 23.1 Å². The lowest BCUT2D eigenvalue weighted by Gasteiger charge is -2.06. The van der Waals surface area contributed by atoms with Crippen LogP contribution in [0.15, 0.2) is 0 Å². The van der Waals surface area contributed by atoms with Crippen LogP contribution in [0, 0.1) is 5.92 Å². The van der Waals surface area contributed by atoms with Gasteiger partial charge in [0.05, 0.1) is 12.3 Å². The number of rotatable bonds is 8. The molecule has 0 radical (unpaired) electrons. The first-order valence-corrected chi connectivity index (χ1v) is 8.04. The summed E-state index contributed by atoms with van der Waals surface area (Å²) in [6.45, 7) is 7.00. The molecular weight excluding hydrogens is 252 g/mol. The van der Waals surface area contributed by atoms with E-state index >= 15 is 0 Å². The minimum atomic E-state index is 0.615. The molecule has 1 aromatic rings. The van der Waals surface area contributed by atoms with Crippen LogP contribution >= 0.6 is 23.1 Å². The first kappa shape index (κ1) is 15.0. The number of thiazole rings is 1. The third-order valence-corrected chi connectivity index (χ3v) is 4.05. The van der Waals surface area contributed by atoms with Crippen LogP contribution in [0.25, 0.3) is 0 Å². The van der Waals surface area contributed by atoms with E-state index in [0.29, 0.717) is 12.5 Å². The van der Waals surface area contributed by atoms with Crippen LogP contribution in [0.4, 0.5) is 0 Å². The Morgan fingerprint density at radius 3 is 2.82 bits per heavy atom. The summed E-state index contributed by atoms with van der Waals surface area (Å²) in [5, 5.41) is 4.66. The van der Waals surface area contributed by atoms with Crippen LogP contribution in [0.3, 0.4) is 0 Å². The van der Waals surface area contributed by atoms with E-state index in [1.807, 2.05) is 11.8 Å². The summed E-state index contributed by atoms with van der Waals surface area (Å²) in [5.74, 6) is 1.67. The maximum atomic E-state index is 5.20. The zero-order valence-electron chi connectivity index (χ0n) is 11.1. The number of thioether (sulfide) groups is 1. The number of methoxy groups -OCH3 is 1. The van der Waals surface area contributed by atoms with Crippen LogP contribution in [0.1, 0.15) is 29.4 Å². The SMILES string of the molecule is COCc1nc(CSC)sc1CNCC(C)C. The molecule has 3 nitrogen and oxygen atoms in total. The molecule has 0 bridgehead atoms. The van der Waals surface area contributed by atoms with Gasteiger partial charge in [0.2, 0.25) is 0 Å². The van der Waals surface area contributed by atoms with Crippen molar-refractivity contribution < 1.29 is 4.74 Å². The third kappa shape index (κ3) is 5.38. The van der Waals surface area contributed by atoms with Crippen molar-refractivity contribution in [2.24, 2.45) is 5.92 Å². The van der Waals surface area contributed by atoms with Gasteiger partial charge >= 0.3 is 0 Å². The molecule has 0 fully saturated rings. The first-order chi connectivity index (χ1) is 8.17. The van der Waals surface area contributed by atoms with Crippen LogP contribution < -0.4 is 5.32 Å². The molecule has 1 rings (SSSR count). The molecule has 0 aliphatic rings. The van der Waals surface area contributed by atoms with Gasteiger partial charge in [0.25, 0.3) is 0 Å². The zero-order chi connectivity index (χ0) is 12.7. The molecule has 0 amide bonds. The Bertz CT molecular complexity index is 326. The number of hydrogen-bond acceptors (Lipinski definition) is 5. The van der Waals surface area contributed by atoms with E-state index in [-0.39, 0.29) is 0 Å². The molecular formula is C12H22N2OS2. The molecule has 0 atom stereocenters. The summed E-state index contributed by atoms with van der Waals surface area (Å²) in [4.78, 5) is 5.94. The Balaban J connectivity index is 2.60. The molecule has 1 aromatic heterocycles. The zero-order valence-corrected chi connectivity index (χ0v) is 12.7. The second kappa shape index (κ2) is 8.08. The fourth-order valence-electron chi connectivity index (χ4n) is 1.48. The first-order valence-electron chi connectivity index (χ1n) is 5.83. The van der Waals surface area contributed by atoms with Crippen LogP contribution in [0.5, 0.6) is 0 Å². The molecule has 1 heterocycles. The van der Waals surface area contributed by atoms with Gasteiger partial charge < -0.3 is 10.1 Å². The van der Waals surface area contributed by atoms with Crippen molar-refractivity contribution in [1.29, 1.82) is 0 Å². The molecule has 0 aliphatic heterocycles. The maximum absolute atomic E-state index is 5.20. The molecule has 5 heteroatoms. The normalized spacial score (nSPS) is 11.4. The highest BCUT2D eigenvalue weighted by Gasteiger charge is 2.10. The fraction of sp³-hybridized carbons (Fsp3) is 0.750. The minimum absolute atomic E-state index is 0.615. The van der Waals surface area contributed by atoms with Gasteiger partial charge in [0, 0.05) is 24.3 Å². The smallest absolute Gasteiger partial charge is 0.103 e. The average Bonchev–Trinajstić information content (AvgIpc) is 2.62. The van der Waals surface area contributed by atoms with Crippen LogP contribution in [-0.2, 0) is 23.6 Å². The van der Waals surface area contributed by atoms with E-state index < -0.39 is 0 Å². The van der Waals surface area contributed by atoms with Gasteiger partial charge in [-0.2, -0.15) is 11.8 Å². The highest BCUT2D eigenvalue weighted by Crippen LogP contribution is 2.22. The minimum Gasteiger partial charge on any atom is -0.378 e. The number of ether oxygens (including phenoxy) is 1. The molecule has 17 heavy (non-hydrogen) atoms. The van der Waals surface area contributed by atoms with E-state index in [9.17, 15) is 0 Å². The van der Waals surface area contributed by atoms with Gasteiger partial charge in [-0.05, 0) is 18.7 Å². The molecule has 0 saturated carbocycles. The molecule has 98 valence electrons. The number of nitrogens with one attached hydrogen (secondary N) is 1. The molecule has 0 aromatic carbocycles. The lowest BCUT2D eigenvalue weighted by Crippen LogP contribution is -2.19. The highest BCUT2D eigenvalue weighted by atomic mass is 32.2. The molecule has 1 N–H and O–H groups in total. The Hall–Kier alpha value is -0.100. The number of nitrogens with zero attached hydrogens (tertiary/aromatic N) is 1. The van der Waals surface area contributed by atoms with Crippen molar-refractivity contribution in [3.8, 4) is 0 Å². The standard InChI is InChI=1S/C12H22N2OS2/c1-9(2)5-13-6-11-10(7-15-3)14-12(17-11)8-16-4/h9,13H,5-8H2,1-4H3. The van der Waals surface area contributed by atoms with Gasteiger partial charge in [-0.1, -0.05) is 13.8 Å². The van der Waals surface area contributed by atoms with E-state index in [1.54, 1.807) is 18.4 Å². The van der Waals surface area contributed by atoms with E-state index in [0.717, 1.165) is 24.5 Å². The second-order valence-corrected chi connectivity index (χ2v) is 6.40. The summed E-state index contributed by atoms with van der Waals surface area (Å²) >= 11 is 3.61. The topological polar surface area (TPSA) is 34.1 Å². The average molecular weight is 274 g/mol. The van der Waals surface area contributed by atoms with Crippen molar-refractivity contribution in [1.82, 2.24) is 10.3 Å². The molecule has 0 spiro atoms. The lowest BCUT2D eigenvalue weighted by molar-refractivity contribution is 0.181. The van der Waals surface area contributed by atoms with Gasteiger partial charge in [-0.15, -0.1) is 11.3 Å². The van der Waals surface area contributed by atoms with Crippen molar-refractivity contribution in [2.45, 2.75) is 32.8 Å². The van der Waals surface area contributed by atoms with Crippen molar-refractivity contribution in [3.05, 3.63) is 15.6 Å².